The number of nitrogens with zero attached hydrogens (tertiary/aromatic N) is 2. The number of nitrogens with one attached hydrogen (secondary N) is 1. The molecule has 1 saturated heterocycles. The molecule has 1 amide bonds. The largest absolute Gasteiger partial charge is 0.488 e. The molecule has 1 aliphatic rings. The van der Waals surface area contributed by atoms with Gasteiger partial charge in [-0.15, -0.1) is 0 Å². The van der Waals surface area contributed by atoms with Crippen molar-refractivity contribution in [2.75, 3.05) is 5.32 Å². The van der Waals surface area contributed by atoms with Crippen LogP contribution >= 0.6 is 23.2 Å². The van der Waals surface area contributed by atoms with E-state index in [1.165, 1.54) is 6.20 Å². The molecule has 0 bridgehead atoms. The molecule has 8 nitrogen and oxygen atoms in total. The molecule has 0 aliphatic carbocycles. The fourth-order valence-corrected chi connectivity index (χ4v) is 4.70. The lowest BCUT2D eigenvalue weighted by Crippen LogP contribution is -2.48. The molecule has 3 heterocycles. The Morgan fingerprint density at radius 1 is 1.07 bits per heavy atom. The monoisotopic (exact) mass is 643 g/mol. The maximum Gasteiger partial charge on any atom is 0.488 e. The van der Waals surface area contributed by atoms with E-state index in [2.05, 4.69) is 43.0 Å². The molecular weight excluding hydrogens is 599 g/mol. The SMILES string of the molecule is CC.CC(C)C1OB(B(O)OC(C)(C)C(C)C)OC1(C)C.O=C(Nc1ccccc1-c1ccc(Cl)cn1)c1cccnc1Cl. The first-order valence-electron chi connectivity index (χ1n) is 14.9. The van der Waals surface area contributed by atoms with Crippen LogP contribution in [0.1, 0.15) is 79.6 Å². The number of aromatic nitrogens is 2. The summed E-state index contributed by atoms with van der Waals surface area (Å²) in [5.74, 6) is 0.285. The Labute approximate surface area is 273 Å². The molecule has 0 spiro atoms. The van der Waals surface area contributed by atoms with Crippen molar-refractivity contribution in [2.45, 2.75) is 86.5 Å². The van der Waals surface area contributed by atoms with Crippen molar-refractivity contribution in [1.29, 1.82) is 0 Å². The summed E-state index contributed by atoms with van der Waals surface area (Å²) >= 11 is 11.8. The summed E-state index contributed by atoms with van der Waals surface area (Å²) in [5.41, 5.74) is 1.61. The number of amides is 1. The number of halogens is 2. The molecule has 0 radical (unpaired) electrons. The van der Waals surface area contributed by atoms with Crippen LogP contribution in [0.5, 0.6) is 0 Å². The highest BCUT2D eigenvalue weighted by atomic mass is 35.5. The Bertz CT molecular complexity index is 1340. The fourth-order valence-electron chi connectivity index (χ4n) is 4.39. The van der Waals surface area contributed by atoms with Crippen LogP contribution in [-0.2, 0) is 14.0 Å². The van der Waals surface area contributed by atoms with E-state index in [9.17, 15) is 9.82 Å². The summed E-state index contributed by atoms with van der Waals surface area (Å²) in [4.78, 5) is 20.6. The number of benzene rings is 1. The van der Waals surface area contributed by atoms with E-state index in [-0.39, 0.29) is 23.1 Å². The molecule has 1 atom stereocenters. The second kappa shape index (κ2) is 16.7. The lowest BCUT2D eigenvalue weighted by Gasteiger charge is -2.32. The Hall–Kier alpha value is -2.46. The van der Waals surface area contributed by atoms with Gasteiger partial charge in [0.1, 0.15) is 5.15 Å². The minimum atomic E-state index is -1.07. The van der Waals surface area contributed by atoms with Crippen molar-refractivity contribution in [3.8, 4) is 11.3 Å². The number of carbonyl (C=O) groups is 1. The molecule has 1 unspecified atom stereocenters. The molecular formula is C32H45B2Cl2N3O5. The van der Waals surface area contributed by atoms with E-state index in [0.717, 1.165) is 5.56 Å². The summed E-state index contributed by atoms with van der Waals surface area (Å²) in [5, 5.41) is 13.7. The van der Waals surface area contributed by atoms with Crippen LogP contribution in [0.4, 0.5) is 5.69 Å². The van der Waals surface area contributed by atoms with Gasteiger partial charge in [-0.25, -0.2) is 4.98 Å². The molecule has 1 aliphatic heterocycles. The highest BCUT2D eigenvalue weighted by Crippen LogP contribution is 2.34. The van der Waals surface area contributed by atoms with E-state index >= 15 is 0 Å². The highest BCUT2D eigenvalue weighted by molar-refractivity contribution is 7.10. The molecule has 44 heavy (non-hydrogen) atoms. The minimum absolute atomic E-state index is 0.0436. The van der Waals surface area contributed by atoms with E-state index in [1.54, 1.807) is 36.5 Å². The predicted octanol–water partition coefficient (Wildman–Crippen LogP) is 8.06. The molecule has 2 aromatic heterocycles. The predicted molar refractivity (Wildman–Crippen MR) is 182 cm³/mol. The van der Waals surface area contributed by atoms with Gasteiger partial charge in [-0.3, -0.25) is 9.78 Å². The maximum atomic E-state index is 12.4. The fraction of sp³-hybridized carbons (Fsp3) is 0.469. The van der Waals surface area contributed by atoms with Crippen molar-refractivity contribution >= 4 is 48.8 Å². The number of rotatable bonds is 8. The summed E-state index contributed by atoms with van der Waals surface area (Å²) < 4.78 is 17.4. The van der Waals surface area contributed by atoms with E-state index in [0.29, 0.717) is 27.9 Å². The Morgan fingerprint density at radius 3 is 2.27 bits per heavy atom. The van der Waals surface area contributed by atoms with Gasteiger partial charge in [0, 0.05) is 18.0 Å². The first-order chi connectivity index (χ1) is 20.6. The van der Waals surface area contributed by atoms with Crippen LogP contribution in [0.25, 0.3) is 11.3 Å². The minimum Gasteiger partial charge on any atom is -0.429 e. The van der Waals surface area contributed by atoms with Crippen molar-refractivity contribution in [3.05, 3.63) is 76.7 Å². The van der Waals surface area contributed by atoms with Gasteiger partial charge in [0.15, 0.2) is 0 Å². The number of carbonyl (C=O) groups excluding carboxylic acids is 1. The lowest BCUT2D eigenvalue weighted by atomic mass is 9.49. The van der Waals surface area contributed by atoms with Crippen molar-refractivity contribution in [3.63, 3.8) is 0 Å². The zero-order chi connectivity index (χ0) is 33.2. The van der Waals surface area contributed by atoms with Crippen LogP contribution in [0.3, 0.4) is 0 Å². The summed E-state index contributed by atoms with van der Waals surface area (Å²) in [6.07, 6.45) is 3.05. The molecule has 1 fully saturated rings. The number of para-hydroxylation sites is 1. The zero-order valence-electron chi connectivity index (χ0n) is 27.4. The highest BCUT2D eigenvalue weighted by Gasteiger charge is 2.54. The molecule has 12 heteroatoms. The molecule has 0 saturated carbocycles. The zero-order valence-corrected chi connectivity index (χ0v) is 28.9. The third-order valence-electron chi connectivity index (χ3n) is 7.22. The number of hydrogen-bond acceptors (Lipinski definition) is 7. The Morgan fingerprint density at radius 2 is 1.73 bits per heavy atom. The second-order valence-electron chi connectivity index (χ2n) is 11.9. The smallest absolute Gasteiger partial charge is 0.429 e. The summed E-state index contributed by atoms with van der Waals surface area (Å²) in [6.45, 7) is 20.2. The Balaban J connectivity index is 0.000000296. The molecule has 3 aromatic rings. The maximum absolute atomic E-state index is 12.4. The third kappa shape index (κ3) is 10.3. The van der Waals surface area contributed by atoms with Crippen molar-refractivity contribution in [2.24, 2.45) is 11.8 Å². The van der Waals surface area contributed by atoms with Crippen LogP contribution in [0.2, 0.25) is 10.2 Å². The topological polar surface area (TPSA) is 103 Å². The standard InChI is InChI=1S/C17H11Cl2N3O.C13H28B2O4.C2H6/c18-11-7-8-14(21-10-11)12-4-1-2-6-15(12)22-17(23)13-5-3-9-20-16(13)19;1-9(2)11-13(7,8)19-15(17-11)14(16)18-12(5,6)10(3)4;1-2/h1-10H,(H,22,23);9-11,16H,1-8H3;1-2H3. The van der Waals surface area contributed by atoms with Gasteiger partial charge in [0.25, 0.3) is 5.91 Å². The normalized spacial score (nSPS) is 15.7. The van der Waals surface area contributed by atoms with Crippen LogP contribution in [0, 0.1) is 11.8 Å². The van der Waals surface area contributed by atoms with Gasteiger partial charge < -0.3 is 24.3 Å². The van der Waals surface area contributed by atoms with Gasteiger partial charge in [0.2, 0.25) is 0 Å². The summed E-state index contributed by atoms with van der Waals surface area (Å²) in [6, 6.07) is 14.2. The van der Waals surface area contributed by atoms with Gasteiger partial charge in [-0.1, -0.05) is 82.9 Å². The molecule has 4 rings (SSSR count). The van der Waals surface area contributed by atoms with Crippen LogP contribution < -0.4 is 5.32 Å². The number of anilines is 1. The Kier molecular flexibility index (Phi) is 14.3. The average molecular weight is 644 g/mol. The third-order valence-corrected chi connectivity index (χ3v) is 7.75. The summed E-state index contributed by atoms with van der Waals surface area (Å²) in [7, 11) is -1.79. The second-order valence-corrected chi connectivity index (χ2v) is 12.7. The number of hydrogen-bond donors (Lipinski definition) is 2. The van der Waals surface area contributed by atoms with Crippen molar-refractivity contribution in [1.82, 2.24) is 9.97 Å². The first-order valence-corrected chi connectivity index (χ1v) is 15.7. The van der Waals surface area contributed by atoms with Crippen LogP contribution in [-0.4, -0.2) is 52.2 Å². The van der Waals surface area contributed by atoms with Gasteiger partial charge >= 0.3 is 14.0 Å². The van der Waals surface area contributed by atoms with E-state index in [4.69, 9.17) is 37.2 Å². The van der Waals surface area contributed by atoms with Gasteiger partial charge in [-0.2, -0.15) is 0 Å². The molecule has 238 valence electrons. The quantitative estimate of drug-likeness (QED) is 0.189. The van der Waals surface area contributed by atoms with Gasteiger partial charge in [-0.05, 0) is 69.9 Å². The number of pyridine rings is 2. The van der Waals surface area contributed by atoms with E-state index < -0.39 is 25.2 Å². The van der Waals surface area contributed by atoms with Gasteiger partial charge in [0.05, 0.1) is 39.3 Å². The van der Waals surface area contributed by atoms with Crippen LogP contribution in [0.15, 0.2) is 60.9 Å². The van der Waals surface area contributed by atoms with E-state index in [1.807, 2.05) is 59.7 Å². The average Bonchev–Trinajstić information content (AvgIpc) is 3.31. The molecule has 2 N–H and O–H groups in total. The lowest BCUT2D eigenvalue weighted by molar-refractivity contribution is 0.0394. The molecule has 1 aromatic carbocycles. The first kappa shape index (κ1) is 37.7. The van der Waals surface area contributed by atoms with Crippen molar-refractivity contribution < 1.29 is 23.8 Å².